The number of halogens is 1. The largest absolute Gasteiger partial charge is 0.448 e. The standard InChI is InChI=1S/C18H14BrN5O4S/c1-2-29-18-21-17-16(22-23-18)12-9-10(19)3-6-13(12)20-14(28-17)7-4-11-5-8-15(27-11)24(25)26/h3-9,14,20H,2H2,1H3/b7-4+/t14-/m0/s1. The number of nitrogens with zero attached hydrogens (tertiary/aromatic N) is 4. The summed E-state index contributed by atoms with van der Waals surface area (Å²) in [5, 5.41) is 23.1. The van der Waals surface area contributed by atoms with E-state index in [0.29, 0.717) is 22.5 Å². The van der Waals surface area contributed by atoms with Gasteiger partial charge in [-0.05, 0) is 42.2 Å². The number of nitro groups is 1. The summed E-state index contributed by atoms with van der Waals surface area (Å²) in [6, 6.07) is 8.52. The van der Waals surface area contributed by atoms with E-state index in [1.54, 1.807) is 12.2 Å². The van der Waals surface area contributed by atoms with E-state index in [1.165, 1.54) is 23.9 Å². The zero-order valence-electron chi connectivity index (χ0n) is 15.0. The molecule has 1 atom stereocenters. The van der Waals surface area contributed by atoms with Crippen LogP contribution in [0.25, 0.3) is 17.3 Å². The second-order valence-electron chi connectivity index (χ2n) is 5.85. The maximum atomic E-state index is 10.8. The van der Waals surface area contributed by atoms with E-state index >= 15 is 0 Å². The fourth-order valence-corrected chi connectivity index (χ4v) is 3.55. The van der Waals surface area contributed by atoms with Gasteiger partial charge >= 0.3 is 5.88 Å². The summed E-state index contributed by atoms with van der Waals surface area (Å²) in [5.74, 6) is 1.17. The first-order valence-corrected chi connectivity index (χ1v) is 10.3. The molecule has 0 spiro atoms. The van der Waals surface area contributed by atoms with Gasteiger partial charge in [0, 0.05) is 15.7 Å². The number of thioether (sulfide) groups is 1. The molecule has 148 valence electrons. The van der Waals surface area contributed by atoms with Crippen LogP contribution in [-0.2, 0) is 0 Å². The molecule has 0 saturated carbocycles. The molecule has 4 rings (SSSR count). The van der Waals surface area contributed by atoms with Gasteiger partial charge in [0.2, 0.25) is 11.0 Å². The maximum absolute atomic E-state index is 10.8. The Balaban J connectivity index is 1.70. The first-order chi connectivity index (χ1) is 14.0. The molecule has 0 aliphatic carbocycles. The molecule has 0 amide bonds. The minimum Gasteiger partial charge on any atom is -0.448 e. The highest BCUT2D eigenvalue weighted by atomic mass is 79.9. The van der Waals surface area contributed by atoms with E-state index < -0.39 is 11.2 Å². The molecular weight excluding hydrogens is 462 g/mol. The van der Waals surface area contributed by atoms with Gasteiger partial charge < -0.3 is 14.5 Å². The number of nitrogens with one attached hydrogen (secondary N) is 1. The number of aromatic nitrogens is 3. The van der Waals surface area contributed by atoms with E-state index in [2.05, 4.69) is 36.4 Å². The molecule has 0 unspecified atom stereocenters. The van der Waals surface area contributed by atoms with Crippen molar-refractivity contribution in [2.45, 2.75) is 18.3 Å². The highest BCUT2D eigenvalue weighted by Gasteiger charge is 2.24. The third-order valence-corrected chi connectivity index (χ3v) is 5.12. The molecule has 11 heteroatoms. The summed E-state index contributed by atoms with van der Waals surface area (Å²) in [5.41, 5.74) is 2.12. The number of benzene rings is 1. The van der Waals surface area contributed by atoms with E-state index in [1.807, 2.05) is 25.1 Å². The minimum absolute atomic E-state index is 0.321. The van der Waals surface area contributed by atoms with Crippen LogP contribution in [0, 0.1) is 10.1 Å². The van der Waals surface area contributed by atoms with Crippen LogP contribution < -0.4 is 10.1 Å². The molecule has 3 aromatic rings. The Morgan fingerprint density at radius 2 is 2.21 bits per heavy atom. The first kappa shape index (κ1) is 19.4. The lowest BCUT2D eigenvalue weighted by molar-refractivity contribution is -0.402. The van der Waals surface area contributed by atoms with Crippen LogP contribution in [0.15, 0.2) is 50.5 Å². The van der Waals surface area contributed by atoms with Gasteiger partial charge in [0.05, 0.1) is 6.07 Å². The topological polar surface area (TPSA) is 116 Å². The van der Waals surface area contributed by atoms with Crippen LogP contribution >= 0.6 is 27.7 Å². The fraction of sp³-hybridized carbons (Fsp3) is 0.167. The summed E-state index contributed by atoms with van der Waals surface area (Å²) in [4.78, 5) is 14.7. The van der Waals surface area contributed by atoms with Gasteiger partial charge in [-0.3, -0.25) is 10.1 Å². The van der Waals surface area contributed by atoms with E-state index in [0.717, 1.165) is 21.5 Å². The van der Waals surface area contributed by atoms with Crippen LogP contribution in [-0.4, -0.2) is 32.1 Å². The Kier molecular flexibility index (Phi) is 5.49. The van der Waals surface area contributed by atoms with Crippen molar-refractivity contribution in [3.05, 3.63) is 56.8 Å². The molecule has 0 fully saturated rings. The van der Waals surface area contributed by atoms with Gasteiger partial charge in [-0.15, -0.1) is 10.2 Å². The second kappa shape index (κ2) is 8.21. The lowest BCUT2D eigenvalue weighted by Crippen LogP contribution is -2.23. The number of hydrogen-bond acceptors (Lipinski definition) is 9. The lowest BCUT2D eigenvalue weighted by atomic mass is 10.1. The van der Waals surface area contributed by atoms with Gasteiger partial charge in [0.15, 0.2) is 11.9 Å². The van der Waals surface area contributed by atoms with Crippen molar-refractivity contribution in [3.63, 3.8) is 0 Å². The van der Waals surface area contributed by atoms with Crippen LogP contribution in [0.2, 0.25) is 0 Å². The number of fused-ring (bicyclic) bond motifs is 3. The van der Waals surface area contributed by atoms with Crippen molar-refractivity contribution in [2.24, 2.45) is 0 Å². The van der Waals surface area contributed by atoms with Gasteiger partial charge in [-0.2, -0.15) is 4.98 Å². The van der Waals surface area contributed by atoms with E-state index in [4.69, 9.17) is 9.15 Å². The third-order valence-electron chi connectivity index (χ3n) is 3.91. The predicted molar refractivity (Wildman–Crippen MR) is 112 cm³/mol. The Labute approximate surface area is 177 Å². The van der Waals surface area contributed by atoms with E-state index in [-0.39, 0.29) is 5.88 Å². The number of hydrogen-bond donors (Lipinski definition) is 1. The van der Waals surface area contributed by atoms with Crippen molar-refractivity contribution >= 4 is 45.3 Å². The second-order valence-corrected chi connectivity index (χ2v) is 7.99. The molecule has 1 aliphatic heterocycles. The van der Waals surface area contributed by atoms with Crippen molar-refractivity contribution in [1.82, 2.24) is 15.2 Å². The van der Waals surface area contributed by atoms with Crippen molar-refractivity contribution in [2.75, 3.05) is 11.1 Å². The normalized spacial score (nSPS) is 15.2. The zero-order chi connectivity index (χ0) is 20.4. The number of ether oxygens (including phenoxy) is 1. The smallest absolute Gasteiger partial charge is 0.433 e. The highest BCUT2D eigenvalue weighted by Crippen LogP contribution is 2.38. The van der Waals surface area contributed by atoms with Gasteiger partial charge in [-0.25, -0.2) is 0 Å². The zero-order valence-corrected chi connectivity index (χ0v) is 17.4. The molecule has 9 nitrogen and oxygen atoms in total. The molecule has 3 heterocycles. The molecule has 1 aromatic carbocycles. The molecule has 1 N–H and O–H groups in total. The molecule has 2 aromatic heterocycles. The highest BCUT2D eigenvalue weighted by molar-refractivity contribution is 9.10. The summed E-state index contributed by atoms with van der Waals surface area (Å²) >= 11 is 4.94. The lowest BCUT2D eigenvalue weighted by Gasteiger charge is -2.15. The van der Waals surface area contributed by atoms with Crippen molar-refractivity contribution < 1.29 is 14.1 Å². The fourth-order valence-electron chi connectivity index (χ4n) is 2.68. The minimum atomic E-state index is -0.600. The van der Waals surface area contributed by atoms with Gasteiger partial charge in [0.1, 0.15) is 10.7 Å². The summed E-state index contributed by atoms with van der Waals surface area (Å²) in [7, 11) is 0. The molecular formula is C18H14BrN5O4S. The van der Waals surface area contributed by atoms with Crippen molar-refractivity contribution in [3.8, 4) is 17.1 Å². The Morgan fingerprint density at radius 3 is 2.97 bits per heavy atom. The van der Waals surface area contributed by atoms with Crippen LogP contribution in [0.1, 0.15) is 12.7 Å². The van der Waals surface area contributed by atoms with Crippen LogP contribution in [0.4, 0.5) is 11.6 Å². The summed E-state index contributed by atoms with van der Waals surface area (Å²) in [6.07, 6.45) is 2.69. The monoisotopic (exact) mass is 475 g/mol. The molecule has 0 saturated heterocycles. The Morgan fingerprint density at radius 1 is 1.34 bits per heavy atom. The summed E-state index contributed by atoms with van der Waals surface area (Å²) < 4.78 is 12.1. The number of furan rings is 1. The average Bonchev–Trinajstić information content (AvgIpc) is 3.12. The summed E-state index contributed by atoms with van der Waals surface area (Å²) in [6.45, 7) is 2.00. The number of anilines is 1. The Bertz CT molecular complexity index is 1100. The molecule has 0 bridgehead atoms. The third kappa shape index (κ3) is 4.25. The maximum Gasteiger partial charge on any atom is 0.433 e. The first-order valence-electron chi connectivity index (χ1n) is 8.56. The van der Waals surface area contributed by atoms with Crippen LogP contribution in [0.3, 0.4) is 0 Å². The quantitative estimate of drug-likeness (QED) is 0.316. The molecule has 29 heavy (non-hydrogen) atoms. The molecule has 0 radical (unpaired) electrons. The Hall–Kier alpha value is -2.92. The average molecular weight is 476 g/mol. The van der Waals surface area contributed by atoms with Gasteiger partial charge in [0.25, 0.3) is 0 Å². The molecule has 1 aliphatic rings. The number of rotatable bonds is 5. The van der Waals surface area contributed by atoms with Gasteiger partial charge in [-0.1, -0.05) is 34.6 Å². The predicted octanol–water partition coefficient (Wildman–Crippen LogP) is 4.76. The SMILES string of the molecule is CCSc1nnc2c(n1)O[C@@H](/C=C/c1ccc([N+](=O)[O-])o1)Nc1ccc(Br)cc1-2. The van der Waals surface area contributed by atoms with Crippen LogP contribution in [0.5, 0.6) is 5.88 Å². The van der Waals surface area contributed by atoms with Crippen molar-refractivity contribution in [1.29, 1.82) is 0 Å². The van der Waals surface area contributed by atoms with E-state index in [9.17, 15) is 10.1 Å².